The molecule has 1 saturated heterocycles. The normalized spacial score (nSPS) is 22.5. The minimum atomic E-state index is -1.33. The molecular weight excluding hydrogens is 367 g/mol. The van der Waals surface area contributed by atoms with Crippen molar-refractivity contribution in [1.29, 1.82) is 0 Å². The van der Waals surface area contributed by atoms with E-state index in [0.29, 0.717) is 25.0 Å². The third-order valence-electron chi connectivity index (χ3n) is 5.75. The van der Waals surface area contributed by atoms with Crippen molar-refractivity contribution in [2.75, 3.05) is 25.1 Å². The quantitative estimate of drug-likeness (QED) is 0.833. The lowest BCUT2D eigenvalue weighted by atomic mass is 9.96. The number of aliphatic hydroxyl groups is 1. The first-order valence-corrected chi connectivity index (χ1v) is 9.45. The molecule has 8 heteroatoms. The number of aliphatic hydroxyl groups excluding tert-OH is 1. The average Bonchev–Trinajstić information content (AvgIpc) is 3.48. The van der Waals surface area contributed by atoms with Crippen LogP contribution in [0.5, 0.6) is 5.75 Å². The molecular formula is C20H23FN2O5. The highest BCUT2D eigenvalue weighted by Gasteiger charge is 2.33. The molecule has 0 amide bonds. The number of hydrogen-bond donors (Lipinski definition) is 2. The molecule has 150 valence electrons. The molecule has 2 unspecified atom stereocenters. The Bertz CT molecular complexity index is 1010. The van der Waals surface area contributed by atoms with E-state index in [4.69, 9.17) is 4.74 Å². The predicted molar refractivity (Wildman–Crippen MR) is 102 cm³/mol. The van der Waals surface area contributed by atoms with Crippen LogP contribution in [0.15, 0.2) is 17.1 Å². The Balaban J connectivity index is 1.99. The van der Waals surface area contributed by atoms with Crippen molar-refractivity contribution in [1.82, 2.24) is 4.57 Å². The second kappa shape index (κ2) is 6.77. The summed E-state index contributed by atoms with van der Waals surface area (Å²) in [5.74, 6) is -1.76. The second-order valence-corrected chi connectivity index (χ2v) is 7.73. The molecule has 2 aliphatic rings. The summed E-state index contributed by atoms with van der Waals surface area (Å²) >= 11 is 0. The summed E-state index contributed by atoms with van der Waals surface area (Å²) in [5.41, 5.74) is -0.408. The SMILES string of the molecule is COc1c(N2CCC(O)C(C)C2)c(F)cc2c(=O)c(C(=O)O)cn(C3CC3)c12. The molecule has 2 fully saturated rings. The van der Waals surface area contributed by atoms with Crippen LogP contribution in [0.2, 0.25) is 0 Å². The summed E-state index contributed by atoms with van der Waals surface area (Å²) in [5, 5.41) is 19.4. The molecule has 1 aliphatic heterocycles. The molecule has 1 aromatic heterocycles. The van der Waals surface area contributed by atoms with E-state index in [9.17, 15) is 19.8 Å². The molecule has 2 aromatic rings. The van der Waals surface area contributed by atoms with E-state index in [1.165, 1.54) is 13.3 Å². The molecule has 2 N–H and O–H groups in total. The van der Waals surface area contributed by atoms with Crippen LogP contribution in [-0.2, 0) is 0 Å². The van der Waals surface area contributed by atoms with E-state index >= 15 is 4.39 Å². The minimum Gasteiger partial charge on any atom is -0.492 e. The number of halogens is 1. The van der Waals surface area contributed by atoms with E-state index in [1.807, 2.05) is 11.8 Å². The summed E-state index contributed by atoms with van der Waals surface area (Å²) in [7, 11) is 1.42. The number of aromatic nitrogens is 1. The largest absolute Gasteiger partial charge is 0.492 e. The lowest BCUT2D eigenvalue weighted by Crippen LogP contribution is -2.42. The Morgan fingerprint density at radius 3 is 2.61 bits per heavy atom. The van der Waals surface area contributed by atoms with Crippen LogP contribution in [0.3, 0.4) is 0 Å². The number of methoxy groups -OCH3 is 1. The number of aromatic carboxylic acids is 1. The summed E-state index contributed by atoms with van der Waals surface area (Å²) in [6, 6.07) is 1.19. The van der Waals surface area contributed by atoms with Crippen LogP contribution in [0.25, 0.3) is 10.9 Å². The van der Waals surface area contributed by atoms with Gasteiger partial charge in [0.05, 0.1) is 24.1 Å². The van der Waals surface area contributed by atoms with Gasteiger partial charge < -0.3 is 24.4 Å². The van der Waals surface area contributed by atoms with Crippen molar-refractivity contribution >= 4 is 22.6 Å². The van der Waals surface area contributed by atoms with Crippen molar-refractivity contribution in [3.05, 3.63) is 33.9 Å². The Labute approximate surface area is 160 Å². The van der Waals surface area contributed by atoms with Gasteiger partial charge in [-0.25, -0.2) is 9.18 Å². The van der Waals surface area contributed by atoms with Gasteiger partial charge in [0.2, 0.25) is 5.43 Å². The van der Waals surface area contributed by atoms with Crippen LogP contribution in [0.1, 0.15) is 42.6 Å². The molecule has 1 aliphatic carbocycles. The first-order chi connectivity index (χ1) is 13.3. The number of fused-ring (bicyclic) bond motifs is 1. The van der Waals surface area contributed by atoms with Crippen molar-refractivity contribution in [3.8, 4) is 5.75 Å². The average molecular weight is 390 g/mol. The van der Waals surface area contributed by atoms with Crippen LogP contribution in [0.4, 0.5) is 10.1 Å². The monoisotopic (exact) mass is 390 g/mol. The molecule has 4 rings (SSSR count). The van der Waals surface area contributed by atoms with Crippen LogP contribution >= 0.6 is 0 Å². The first-order valence-electron chi connectivity index (χ1n) is 9.45. The predicted octanol–water partition coefficient (Wildman–Crippen LogP) is 2.39. The maximum atomic E-state index is 15.2. The Morgan fingerprint density at radius 1 is 1.32 bits per heavy atom. The van der Waals surface area contributed by atoms with Crippen molar-refractivity contribution < 1.29 is 24.1 Å². The van der Waals surface area contributed by atoms with Crippen molar-refractivity contribution in [2.45, 2.75) is 38.3 Å². The van der Waals surface area contributed by atoms with Gasteiger partial charge in [0, 0.05) is 25.3 Å². The number of rotatable bonds is 4. The summed E-state index contributed by atoms with van der Waals surface area (Å²) in [4.78, 5) is 26.0. The zero-order chi connectivity index (χ0) is 20.2. The van der Waals surface area contributed by atoms with Gasteiger partial charge in [0.25, 0.3) is 0 Å². The highest BCUT2D eigenvalue weighted by molar-refractivity contribution is 5.97. The third-order valence-corrected chi connectivity index (χ3v) is 5.75. The molecule has 7 nitrogen and oxygen atoms in total. The number of carbonyl (C=O) groups is 1. The molecule has 2 atom stereocenters. The fourth-order valence-electron chi connectivity index (χ4n) is 4.06. The molecule has 0 bridgehead atoms. The molecule has 2 heterocycles. The zero-order valence-electron chi connectivity index (χ0n) is 15.8. The lowest BCUT2D eigenvalue weighted by molar-refractivity contribution is 0.0694. The van der Waals surface area contributed by atoms with Crippen LogP contribution < -0.4 is 15.1 Å². The van der Waals surface area contributed by atoms with Crippen molar-refractivity contribution in [3.63, 3.8) is 0 Å². The fraction of sp³-hybridized carbons (Fsp3) is 0.500. The molecule has 0 radical (unpaired) electrons. The maximum absolute atomic E-state index is 15.2. The van der Waals surface area contributed by atoms with Gasteiger partial charge in [0.15, 0.2) is 11.6 Å². The number of carboxylic acids is 1. The topological polar surface area (TPSA) is 92.0 Å². The summed E-state index contributed by atoms with van der Waals surface area (Å²) in [6.45, 7) is 2.83. The number of ether oxygens (including phenoxy) is 1. The van der Waals surface area contributed by atoms with Gasteiger partial charge in [-0.15, -0.1) is 0 Å². The number of nitrogens with zero attached hydrogens (tertiary/aromatic N) is 2. The van der Waals surface area contributed by atoms with E-state index in [1.54, 1.807) is 4.57 Å². The Morgan fingerprint density at radius 2 is 2.04 bits per heavy atom. The molecule has 1 saturated carbocycles. The fourth-order valence-corrected chi connectivity index (χ4v) is 4.06. The van der Waals surface area contributed by atoms with Crippen LogP contribution in [-0.4, -0.2) is 47.1 Å². The summed E-state index contributed by atoms with van der Waals surface area (Å²) in [6.07, 6.45) is 3.14. The molecule has 1 aromatic carbocycles. The van der Waals surface area contributed by atoms with Crippen LogP contribution in [0, 0.1) is 11.7 Å². The smallest absolute Gasteiger partial charge is 0.341 e. The number of benzene rings is 1. The van der Waals surface area contributed by atoms with Crippen molar-refractivity contribution in [2.24, 2.45) is 5.92 Å². The Hall–Kier alpha value is -2.61. The van der Waals surface area contributed by atoms with E-state index in [0.717, 1.165) is 18.9 Å². The standard InChI is InChI=1S/C20H23FN2O5/c1-10-8-22(6-5-15(10)24)17-14(21)7-12-16(19(17)28-2)23(11-3-4-11)9-13(18(12)25)20(26)27/h7,9-11,15,24H,3-6,8H2,1-2H3,(H,26,27). The number of piperidine rings is 1. The zero-order valence-corrected chi connectivity index (χ0v) is 15.8. The number of hydrogen-bond acceptors (Lipinski definition) is 5. The van der Waals surface area contributed by atoms with Gasteiger partial charge in [-0.2, -0.15) is 0 Å². The first kappa shape index (κ1) is 18.7. The minimum absolute atomic E-state index is 0.00925. The van der Waals surface area contributed by atoms with Gasteiger partial charge in [-0.1, -0.05) is 6.92 Å². The molecule has 28 heavy (non-hydrogen) atoms. The lowest BCUT2D eigenvalue weighted by Gasteiger charge is -2.37. The number of pyridine rings is 1. The van der Waals surface area contributed by atoms with E-state index in [-0.39, 0.29) is 34.3 Å². The van der Waals surface area contributed by atoms with E-state index in [2.05, 4.69) is 0 Å². The number of carboxylic acid groups (broad SMARTS) is 1. The van der Waals surface area contributed by atoms with Gasteiger partial charge in [-0.3, -0.25) is 4.79 Å². The highest BCUT2D eigenvalue weighted by Crippen LogP contribution is 2.44. The van der Waals surface area contributed by atoms with E-state index < -0.39 is 23.3 Å². The third kappa shape index (κ3) is 2.92. The molecule has 0 spiro atoms. The van der Waals surface area contributed by atoms with Gasteiger partial charge in [-0.05, 0) is 31.2 Å². The maximum Gasteiger partial charge on any atom is 0.341 e. The summed E-state index contributed by atoms with van der Waals surface area (Å²) < 4.78 is 22.5. The van der Waals surface area contributed by atoms with Gasteiger partial charge >= 0.3 is 5.97 Å². The number of anilines is 1. The highest BCUT2D eigenvalue weighted by atomic mass is 19.1. The Kier molecular flexibility index (Phi) is 4.53. The second-order valence-electron chi connectivity index (χ2n) is 7.73. The van der Waals surface area contributed by atoms with Gasteiger partial charge in [0.1, 0.15) is 11.3 Å².